The molecule has 1 aliphatic heterocycles. The Hall–Kier alpha value is -0.0800. The second-order valence-electron chi connectivity index (χ2n) is 6.55. The van der Waals surface area contributed by atoms with Crippen LogP contribution in [0.3, 0.4) is 0 Å². The van der Waals surface area contributed by atoms with Gasteiger partial charge in [0.1, 0.15) is 0 Å². The lowest BCUT2D eigenvalue weighted by molar-refractivity contribution is 0.147. The molecule has 1 aliphatic carbocycles. The fourth-order valence-electron chi connectivity index (χ4n) is 3.71. The second-order valence-corrected chi connectivity index (χ2v) is 6.55. The first-order valence-corrected chi connectivity index (χ1v) is 8.25. The molecule has 1 heterocycles. The van der Waals surface area contributed by atoms with Crippen molar-refractivity contribution in [3.8, 4) is 0 Å². The van der Waals surface area contributed by atoms with Crippen molar-refractivity contribution in [1.29, 1.82) is 0 Å². The Balaban J connectivity index is 1.83. The van der Waals surface area contributed by atoms with Crippen molar-refractivity contribution in [2.45, 2.75) is 64.8 Å². The Kier molecular flexibility index (Phi) is 5.97. The molecule has 0 bridgehead atoms. The van der Waals surface area contributed by atoms with Crippen molar-refractivity contribution in [3.05, 3.63) is 0 Å². The van der Waals surface area contributed by atoms with E-state index in [1.807, 2.05) is 0 Å². The van der Waals surface area contributed by atoms with Crippen LogP contribution in [-0.4, -0.2) is 37.1 Å². The van der Waals surface area contributed by atoms with E-state index in [-0.39, 0.29) is 0 Å². The molecule has 2 unspecified atom stereocenters. The van der Waals surface area contributed by atoms with Crippen LogP contribution in [-0.2, 0) is 0 Å². The van der Waals surface area contributed by atoms with E-state index >= 15 is 0 Å². The van der Waals surface area contributed by atoms with Crippen LogP contribution >= 0.6 is 0 Å². The lowest BCUT2D eigenvalue weighted by Gasteiger charge is -2.35. The zero-order chi connectivity index (χ0) is 12.8. The van der Waals surface area contributed by atoms with Crippen molar-refractivity contribution in [2.75, 3.05) is 26.2 Å². The van der Waals surface area contributed by atoms with Crippen LogP contribution in [0.25, 0.3) is 0 Å². The maximum Gasteiger partial charge on any atom is 0.0107 e. The van der Waals surface area contributed by atoms with Gasteiger partial charge in [0.15, 0.2) is 0 Å². The summed E-state index contributed by atoms with van der Waals surface area (Å²) in [7, 11) is 0. The normalized spacial score (nSPS) is 32.3. The number of hydrogen-bond donors (Lipinski definition) is 1. The zero-order valence-corrected chi connectivity index (χ0v) is 12.5. The smallest absolute Gasteiger partial charge is 0.0107 e. The van der Waals surface area contributed by atoms with Gasteiger partial charge in [-0.05, 0) is 57.2 Å². The quantitative estimate of drug-likeness (QED) is 0.773. The summed E-state index contributed by atoms with van der Waals surface area (Å²) in [5, 5.41) is 3.75. The molecule has 106 valence electrons. The molecule has 2 nitrogen and oxygen atoms in total. The van der Waals surface area contributed by atoms with E-state index in [2.05, 4.69) is 24.1 Å². The number of likely N-dealkylation sites (tertiary alicyclic amines) is 1. The maximum absolute atomic E-state index is 3.75. The fraction of sp³-hybridized carbons (Fsp3) is 1.00. The number of rotatable bonds is 4. The first kappa shape index (κ1) is 14.3. The highest BCUT2D eigenvalue weighted by molar-refractivity contribution is 4.83. The van der Waals surface area contributed by atoms with Gasteiger partial charge in [-0.1, -0.05) is 33.1 Å². The molecule has 2 rings (SSSR count). The number of nitrogens with zero attached hydrogens (tertiary/aromatic N) is 1. The van der Waals surface area contributed by atoms with Gasteiger partial charge in [0, 0.05) is 12.6 Å². The summed E-state index contributed by atoms with van der Waals surface area (Å²) in [6, 6.07) is 0.789. The molecule has 0 radical (unpaired) electrons. The summed E-state index contributed by atoms with van der Waals surface area (Å²) in [6.07, 6.45) is 10.0. The maximum atomic E-state index is 3.75. The van der Waals surface area contributed by atoms with Crippen LogP contribution in [0.4, 0.5) is 0 Å². The number of piperidine rings is 1. The molecule has 0 spiro atoms. The average Bonchev–Trinajstić information content (AvgIpc) is 2.59. The third-order valence-electron chi connectivity index (χ3n) is 4.99. The van der Waals surface area contributed by atoms with Crippen molar-refractivity contribution < 1.29 is 0 Å². The van der Waals surface area contributed by atoms with Gasteiger partial charge in [0.05, 0.1) is 0 Å². The molecule has 0 aromatic heterocycles. The molecule has 0 aromatic carbocycles. The highest BCUT2D eigenvalue weighted by Gasteiger charge is 2.26. The minimum atomic E-state index is 0.789. The third kappa shape index (κ3) is 4.24. The van der Waals surface area contributed by atoms with Gasteiger partial charge in [0.25, 0.3) is 0 Å². The fourth-order valence-corrected chi connectivity index (χ4v) is 3.71. The van der Waals surface area contributed by atoms with E-state index in [0.717, 1.165) is 24.4 Å². The molecule has 1 saturated carbocycles. The summed E-state index contributed by atoms with van der Waals surface area (Å²) < 4.78 is 0. The molecule has 1 N–H and O–H groups in total. The number of nitrogens with one attached hydrogen (secondary N) is 1. The number of hydrogen-bond acceptors (Lipinski definition) is 2. The summed E-state index contributed by atoms with van der Waals surface area (Å²) in [6.45, 7) is 9.84. The van der Waals surface area contributed by atoms with Crippen LogP contribution in [0.2, 0.25) is 0 Å². The Bertz CT molecular complexity index is 221. The second kappa shape index (κ2) is 7.49. The van der Waals surface area contributed by atoms with Gasteiger partial charge < -0.3 is 10.2 Å². The Morgan fingerprint density at radius 3 is 2.44 bits per heavy atom. The summed E-state index contributed by atoms with van der Waals surface area (Å²) >= 11 is 0. The van der Waals surface area contributed by atoms with Crippen molar-refractivity contribution in [2.24, 2.45) is 11.8 Å². The highest BCUT2D eigenvalue weighted by atomic mass is 15.1. The Morgan fingerprint density at radius 2 is 1.72 bits per heavy atom. The predicted octanol–water partition coefficient (Wildman–Crippen LogP) is 3.28. The lowest BCUT2D eigenvalue weighted by Crippen LogP contribution is -2.44. The van der Waals surface area contributed by atoms with Gasteiger partial charge in [-0.3, -0.25) is 0 Å². The Morgan fingerprint density at radius 1 is 1.00 bits per heavy atom. The Labute approximate surface area is 114 Å². The van der Waals surface area contributed by atoms with Crippen LogP contribution in [0.5, 0.6) is 0 Å². The van der Waals surface area contributed by atoms with Crippen LogP contribution in [0.1, 0.15) is 58.8 Å². The van der Waals surface area contributed by atoms with Gasteiger partial charge >= 0.3 is 0 Å². The van der Waals surface area contributed by atoms with E-state index in [1.165, 1.54) is 64.6 Å². The van der Waals surface area contributed by atoms with Crippen LogP contribution < -0.4 is 5.32 Å². The van der Waals surface area contributed by atoms with E-state index in [0.29, 0.717) is 0 Å². The molecule has 2 heteroatoms. The topological polar surface area (TPSA) is 15.3 Å². The van der Waals surface area contributed by atoms with Gasteiger partial charge in [-0.2, -0.15) is 0 Å². The molecule has 0 amide bonds. The third-order valence-corrected chi connectivity index (χ3v) is 4.99. The minimum Gasteiger partial charge on any atom is -0.314 e. The highest BCUT2D eigenvalue weighted by Crippen LogP contribution is 2.26. The van der Waals surface area contributed by atoms with E-state index < -0.39 is 0 Å². The largest absolute Gasteiger partial charge is 0.314 e. The molecule has 0 aromatic rings. The molecular weight excluding hydrogens is 220 g/mol. The standard InChI is InChI=1S/C16H32N2/c1-3-17-16-8-6-4-5-7-15(16)13-18-11-9-14(2)10-12-18/h14-17H,3-13H2,1-2H3. The summed E-state index contributed by atoms with van der Waals surface area (Å²) in [5.41, 5.74) is 0. The van der Waals surface area contributed by atoms with Crippen molar-refractivity contribution in [3.63, 3.8) is 0 Å². The monoisotopic (exact) mass is 252 g/mol. The zero-order valence-electron chi connectivity index (χ0n) is 12.5. The van der Waals surface area contributed by atoms with Crippen LogP contribution in [0.15, 0.2) is 0 Å². The van der Waals surface area contributed by atoms with E-state index in [9.17, 15) is 0 Å². The summed E-state index contributed by atoms with van der Waals surface area (Å²) in [5.74, 6) is 1.86. The van der Waals surface area contributed by atoms with Gasteiger partial charge in [-0.15, -0.1) is 0 Å². The molecule has 18 heavy (non-hydrogen) atoms. The molecular formula is C16H32N2. The average molecular weight is 252 g/mol. The van der Waals surface area contributed by atoms with Gasteiger partial charge in [-0.25, -0.2) is 0 Å². The van der Waals surface area contributed by atoms with Crippen molar-refractivity contribution in [1.82, 2.24) is 10.2 Å². The molecule has 1 saturated heterocycles. The molecule has 2 fully saturated rings. The summed E-state index contributed by atoms with van der Waals surface area (Å²) in [4.78, 5) is 2.74. The predicted molar refractivity (Wildman–Crippen MR) is 78.9 cm³/mol. The molecule has 2 atom stereocenters. The van der Waals surface area contributed by atoms with E-state index in [1.54, 1.807) is 0 Å². The SMILES string of the molecule is CCNC1CCCCCC1CN1CCC(C)CC1. The van der Waals surface area contributed by atoms with Gasteiger partial charge in [0.2, 0.25) is 0 Å². The molecule has 2 aliphatic rings. The van der Waals surface area contributed by atoms with E-state index in [4.69, 9.17) is 0 Å². The van der Waals surface area contributed by atoms with Crippen LogP contribution in [0, 0.1) is 11.8 Å². The minimum absolute atomic E-state index is 0.789. The first-order chi connectivity index (χ1) is 8.79. The lowest BCUT2D eigenvalue weighted by atomic mass is 9.92. The first-order valence-electron chi connectivity index (χ1n) is 8.25. The van der Waals surface area contributed by atoms with Crippen molar-refractivity contribution >= 4 is 0 Å².